The van der Waals surface area contributed by atoms with E-state index in [0.717, 1.165) is 18.6 Å². The van der Waals surface area contributed by atoms with Crippen LogP contribution in [0.3, 0.4) is 0 Å². The number of ether oxygens (including phenoxy) is 1. The fraction of sp³-hybridized carbons (Fsp3) is 0.750. The Morgan fingerprint density at radius 1 is 1.50 bits per heavy atom. The number of nitrogens with one attached hydrogen (secondary N) is 1. The van der Waals surface area contributed by atoms with Crippen molar-refractivity contribution in [2.45, 2.75) is 32.7 Å². The zero-order valence-electron chi connectivity index (χ0n) is 10.9. The first kappa shape index (κ1) is 13.0. The highest BCUT2D eigenvalue weighted by atomic mass is 16.5. The Balaban J connectivity index is 2.62. The Bertz CT molecular complexity index is 320. The van der Waals surface area contributed by atoms with Gasteiger partial charge in [0.05, 0.1) is 19.0 Å². The first-order chi connectivity index (χ1) is 7.60. The number of hydrogen-bond acceptors (Lipinski definition) is 3. The van der Waals surface area contributed by atoms with Gasteiger partial charge in [-0.05, 0) is 25.8 Å². The van der Waals surface area contributed by atoms with E-state index in [1.807, 2.05) is 18.8 Å². The molecule has 92 valence electrons. The molecule has 1 unspecified atom stereocenters. The molecule has 0 aromatic carbocycles. The molecule has 1 heterocycles. The molecule has 0 radical (unpaired) electrons. The quantitative estimate of drug-likeness (QED) is 0.799. The Morgan fingerprint density at radius 3 is 2.69 bits per heavy atom. The maximum Gasteiger partial charge on any atom is 0.159 e. The van der Waals surface area contributed by atoms with Crippen LogP contribution < -0.4 is 10.1 Å². The van der Waals surface area contributed by atoms with Gasteiger partial charge in [0.25, 0.3) is 0 Å². The number of rotatable bonds is 6. The second kappa shape index (κ2) is 5.89. The van der Waals surface area contributed by atoms with Crippen molar-refractivity contribution in [1.82, 2.24) is 15.1 Å². The van der Waals surface area contributed by atoms with Crippen LogP contribution in [0, 0.1) is 5.92 Å². The topological polar surface area (TPSA) is 39.1 Å². The monoisotopic (exact) mass is 225 g/mol. The molecule has 1 rings (SSSR count). The lowest BCUT2D eigenvalue weighted by molar-refractivity contribution is 0.385. The zero-order chi connectivity index (χ0) is 12.1. The van der Waals surface area contributed by atoms with Gasteiger partial charge < -0.3 is 10.1 Å². The highest BCUT2D eigenvalue weighted by Gasteiger charge is 2.14. The van der Waals surface area contributed by atoms with Gasteiger partial charge in [-0.15, -0.1) is 0 Å². The Kier molecular flexibility index (Phi) is 4.80. The van der Waals surface area contributed by atoms with Gasteiger partial charge >= 0.3 is 0 Å². The van der Waals surface area contributed by atoms with Crippen LogP contribution in [0.15, 0.2) is 6.20 Å². The number of aryl methyl sites for hydroxylation is 1. The molecule has 0 bridgehead atoms. The van der Waals surface area contributed by atoms with Crippen molar-refractivity contribution < 1.29 is 4.74 Å². The molecule has 1 aromatic heterocycles. The van der Waals surface area contributed by atoms with Gasteiger partial charge in [0.1, 0.15) is 0 Å². The standard InChI is InChI=1S/C12H23N3O/c1-9(2)10(13-3)6-7-11-12(16-5)8-14-15(11)4/h8-10,13H,6-7H2,1-5H3. The van der Waals surface area contributed by atoms with Crippen molar-refractivity contribution in [3.05, 3.63) is 11.9 Å². The third-order valence-corrected chi connectivity index (χ3v) is 3.11. The molecule has 4 heteroatoms. The molecule has 0 saturated heterocycles. The van der Waals surface area contributed by atoms with Crippen molar-refractivity contribution in [2.75, 3.05) is 14.2 Å². The molecule has 0 spiro atoms. The predicted molar refractivity (Wildman–Crippen MR) is 65.8 cm³/mol. The van der Waals surface area contributed by atoms with Crippen LogP contribution in [-0.4, -0.2) is 30.0 Å². The Hall–Kier alpha value is -1.03. The summed E-state index contributed by atoms with van der Waals surface area (Å²) < 4.78 is 7.18. The summed E-state index contributed by atoms with van der Waals surface area (Å²) >= 11 is 0. The van der Waals surface area contributed by atoms with Gasteiger partial charge in [0.2, 0.25) is 0 Å². The van der Waals surface area contributed by atoms with Crippen LogP contribution in [0.2, 0.25) is 0 Å². The summed E-state index contributed by atoms with van der Waals surface area (Å²) in [4.78, 5) is 0. The minimum absolute atomic E-state index is 0.541. The van der Waals surface area contributed by atoms with E-state index in [1.165, 1.54) is 5.69 Å². The third kappa shape index (κ3) is 2.98. The Morgan fingerprint density at radius 2 is 2.19 bits per heavy atom. The van der Waals surface area contributed by atoms with E-state index < -0.39 is 0 Å². The summed E-state index contributed by atoms with van der Waals surface area (Å²) in [5.41, 5.74) is 1.17. The minimum atomic E-state index is 0.541. The summed E-state index contributed by atoms with van der Waals surface area (Å²) in [5.74, 6) is 1.53. The molecule has 0 aliphatic heterocycles. The summed E-state index contributed by atoms with van der Waals surface area (Å²) in [6, 6.07) is 0.541. The molecule has 0 saturated carbocycles. The van der Waals surface area contributed by atoms with E-state index in [0.29, 0.717) is 12.0 Å². The largest absolute Gasteiger partial charge is 0.493 e. The van der Waals surface area contributed by atoms with Crippen molar-refractivity contribution >= 4 is 0 Å². The van der Waals surface area contributed by atoms with Crippen molar-refractivity contribution in [3.63, 3.8) is 0 Å². The molecule has 16 heavy (non-hydrogen) atoms. The smallest absolute Gasteiger partial charge is 0.159 e. The molecule has 0 aliphatic rings. The van der Waals surface area contributed by atoms with Crippen molar-refractivity contribution in [3.8, 4) is 5.75 Å². The van der Waals surface area contributed by atoms with Gasteiger partial charge in [-0.25, -0.2) is 0 Å². The molecule has 1 aromatic rings. The second-order valence-corrected chi connectivity index (χ2v) is 4.46. The summed E-state index contributed by atoms with van der Waals surface area (Å²) in [6.45, 7) is 4.48. The fourth-order valence-electron chi connectivity index (χ4n) is 2.00. The van der Waals surface area contributed by atoms with Crippen LogP contribution in [0.5, 0.6) is 5.75 Å². The first-order valence-corrected chi connectivity index (χ1v) is 5.82. The summed E-state index contributed by atoms with van der Waals surface area (Å²) in [6.07, 6.45) is 3.87. The van der Waals surface area contributed by atoms with Gasteiger partial charge in [-0.2, -0.15) is 5.10 Å². The van der Waals surface area contributed by atoms with Crippen LogP contribution in [-0.2, 0) is 13.5 Å². The SMILES string of the molecule is CNC(CCc1c(OC)cnn1C)C(C)C. The van der Waals surface area contributed by atoms with Gasteiger partial charge in [-0.3, -0.25) is 4.68 Å². The second-order valence-electron chi connectivity index (χ2n) is 4.46. The van der Waals surface area contributed by atoms with Crippen LogP contribution >= 0.6 is 0 Å². The number of methoxy groups -OCH3 is 1. The Labute approximate surface area is 98.0 Å². The maximum atomic E-state index is 5.29. The zero-order valence-corrected chi connectivity index (χ0v) is 10.9. The van der Waals surface area contributed by atoms with Crippen LogP contribution in [0.25, 0.3) is 0 Å². The molecule has 4 nitrogen and oxygen atoms in total. The highest BCUT2D eigenvalue weighted by Crippen LogP contribution is 2.19. The lowest BCUT2D eigenvalue weighted by Crippen LogP contribution is -2.31. The molecular formula is C12H23N3O. The van der Waals surface area contributed by atoms with Crippen molar-refractivity contribution in [1.29, 1.82) is 0 Å². The van der Waals surface area contributed by atoms with Gasteiger partial charge in [0, 0.05) is 13.1 Å². The highest BCUT2D eigenvalue weighted by molar-refractivity contribution is 5.25. The van der Waals surface area contributed by atoms with E-state index in [4.69, 9.17) is 4.74 Å². The molecule has 1 atom stereocenters. The maximum absolute atomic E-state index is 5.29. The molecular weight excluding hydrogens is 202 g/mol. The lowest BCUT2D eigenvalue weighted by atomic mass is 9.98. The van der Waals surface area contributed by atoms with Crippen molar-refractivity contribution in [2.24, 2.45) is 13.0 Å². The predicted octanol–water partition coefficient (Wildman–Crippen LogP) is 1.61. The van der Waals surface area contributed by atoms with Crippen LogP contribution in [0.1, 0.15) is 26.0 Å². The molecule has 1 N–H and O–H groups in total. The van der Waals surface area contributed by atoms with E-state index in [-0.39, 0.29) is 0 Å². The first-order valence-electron chi connectivity index (χ1n) is 5.82. The molecule has 0 fully saturated rings. The van der Waals surface area contributed by atoms with Gasteiger partial charge in [-0.1, -0.05) is 13.8 Å². The summed E-state index contributed by atoms with van der Waals surface area (Å²) in [5, 5.41) is 7.56. The van der Waals surface area contributed by atoms with E-state index >= 15 is 0 Å². The third-order valence-electron chi connectivity index (χ3n) is 3.11. The number of nitrogens with zero attached hydrogens (tertiary/aromatic N) is 2. The number of hydrogen-bond donors (Lipinski definition) is 1. The van der Waals surface area contributed by atoms with E-state index in [2.05, 4.69) is 24.3 Å². The van der Waals surface area contributed by atoms with Crippen LogP contribution in [0.4, 0.5) is 0 Å². The number of aromatic nitrogens is 2. The van der Waals surface area contributed by atoms with E-state index in [1.54, 1.807) is 13.3 Å². The fourth-order valence-corrected chi connectivity index (χ4v) is 2.00. The average molecular weight is 225 g/mol. The summed E-state index contributed by atoms with van der Waals surface area (Å²) in [7, 11) is 5.67. The molecule has 0 amide bonds. The average Bonchev–Trinajstić information content (AvgIpc) is 2.60. The van der Waals surface area contributed by atoms with Gasteiger partial charge in [0.15, 0.2) is 5.75 Å². The lowest BCUT2D eigenvalue weighted by Gasteiger charge is -2.20. The normalized spacial score (nSPS) is 13.1. The molecule has 0 aliphatic carbocycles. The minimum Gasteiger partial charge on any atom is -0.493 e. The van der Waals surface area contributed by atoms with E-state index in [9.17, 15) is 0 Å².